The van der Waals surface area contributed by atoms with Gasteiger partial charge in [-0.15, -0.1) is 0 Å². The fourth-order valence-electron chi connectivity index (χ4n) is 2.03. The summed E-state index contributed by atoms with van der Waals surface area (Å²) in [7, 11) is 0. The van der Waals surface area contributed by atoms with E-state index in [9.17, 15) is 17.6 Å². The summed E-state index contributed by atoms with van der Waals surface area (Å²) in [5.41, 5.74) is 1.42. The van der Waals surface area contributed by atoms with Gasteiger partial charge in [-0.3, -0.25) is 0 Å². The van der Waals surface area contributed by atoms with Gasteiger partial charge < -0.3 is 4.90 Å². The Bertz CT molecular complexity index is 602. The van der Waals surface area contributed by atoms with E-state index < -0.39 is 24.6 Å². The van der Waals surface area contributed by atoms with Gasteiger partial charge in [-0.2, -0.15) is 0 Å². The Hall–Kier alpha value is -2.04. The normalized spacial score (nSPS) is 15.5. The van der Waals surface area contributed by atoms with Gasteiger partial charge in [0.15, 0.2) is 0 Å². The Balaban J connectivity index is 2.48. The minimum absolute atomic E-state index is 0.0666. The van der Waals surface area contributed by atoms with Gasteiger partial charge in [0.05, 0.1) is 12.2 Å². The minimum Gasteiger partial charge on any atom is -0.335 e. The molecule has 1 aliphatic heterocycles. The zero-order valence-corrected chi connectivity index (χ0v) is 10.8. The van der Waals surface area contributed by atoms with E-state index in [1.807, 2.05) is 0 Å². The number of hydrogen-bond acceptors (Lipinski definition) is 1. The molecule has 1 nitrogen and oxygen atoms in total. The molecule has 0 aliphatic carbocycles. The fraction of sp³-hybridized carbons (Fsp3) is 0.200. The predicted molar refractivity (Wildman–Crippen MR) is 69.9 cm³/mol. The van der Waals surface area contributed by atoms with Crippen molar-refractivity contribution >= 4 is 5.70 Å². The Morgan fingerprint density at radius 3 is 2.50 bits per heavy atom. The van der Waals surface area contributed by atoms with Crippen molar-refractivity contribution in [1.82, 2.24) is 4.90 Å². The third-order valence-corrected chi connectivity index (χ3v) is 3.09. The maximum Gasteiger partial charge on any atom is 0.256 e. The topological polar surface area (TPSA) is 3.24 Å². The predicted octanol–water partition coefficient (Wildman–Crippen LogP) is 4.35. The Kier molecular flexibility index (Phi) is 3.97. The monoisotopic (exact) mass is 283 g/mol. The number of alkyl halides is 2. The van der Waals surface area contributed by atoms with Gasteiger partial charge in [-0.05, 0) is 30.7 Å². The largest absolute Gasteiger partial charge is 0.335 e. The van der Waals surface area contributed by atoms with E-state index in [2.05, 4.69) is 6.58 Å². The summed E-state index contributed by atoms with van der Waals surface area (Å²) in [5, 5.41) is 0. The molecule has 2 rings (SSSR count). The van der Waals surface area contributed by atoms with Crippen LogP contribution < -0.4 is 0 Å². The maximum absolute atomic E-state index is 13.8. The number of nitrogens with zero attached hydrogens (tertiary/aromatic N) is 1. The summed E-state index contributed by atoms with van der Waals surface area (Å²) >= 11 is 0. The molecular weight excluding hydrogens is 270 g/mol. The molecule has 0 aromatic heterocycles. The molecule has 5 heteroatoms. The second-order valence-electron chi connectivity index (χ2n) is 4.47. The number of allylic oxidation sites excluding steroid dienone is 3. The third-order valence-electron chi connectivity index (χ3n) is 3.09. The summed E-state index contributed by atoms with van der Waals surface area (Å²) < 4.78 is 52.1. The van der Waals surface area contributed by atoms with Crippen molar-refractivity contribution in [1.29, 1.82) is 0 Å². The zero-order valence-electron chi connectivity index (χ0n) is 10.8. The molecule has 0 atom stereocenters. The maximum atomic E-state index is 13.8. The number of halogens is 4. The zero-order chi connectivity index (χ0) is 14.9. The average Bonchev–Trinajstić information content (AvgIpc) is 2.36. The lowest BCUT2D eigenvalue weighted by molar-refractivity contribution is 0.123. The number of rotatable bonds is 3. The molecule has 1 aromatic carbocycles. The van der Waals surface area contributed by atoms with E-state index in [-0.39, 0.29) is 11.3 Å². The minimum atomic E-state index is -2.59. The molecule has 0 unspecified atom stereocenters. The molecule has 0 saturated heterocycles. The van der Waals surface area contributed by atoms with Crippen LogP contribution in [0.25, 0.3) is 5.70 Å². The summed E-state index contributed by atoms with van der Waals surface area (Å²) in [6.45, 7) is 4.88. The number of hydrogen-bond donors (Lipinski definition) is 0. The van der Waals surface area contributed by atoms with Gasteiger partial charge in [0.2, 0.25) is 0 Å². The molecule has 0 amide bonds. The average molecular weight is 283 g/mol. The first-order chi connectivity index (χ1) is 9.40. The van der Waals surface area contributed by atoms with Crippen LogP contribution in [0.4, 0.5) is 17.6 Å². The summed E-state index contributed by atoms with van der Waals surface area (Å²) in [4.78, 5) is 1.25. The Labute approximate surface area is 114 Å². The van der Waals surface area contributed by atoms with Crippen LogP contribution in [0, 0.1) is 11.6 Å². The van der Waals surface area contributed by atoms with Crippen molar-refractivity contribution in [3.05, 3.63) is 65.4 Å². The molecule has 0 spiro atoms. The lowest BCUT2D eigenvalue weighted by atomic mass is 10.0. The van der Waals surface area contributed by atoms with Crippen molar-refractivity contribution in [2.45, 2.75) is 13.3 Å². The Morgan fingerprint density at radius 2 is 1.90 bits per heavy atom. The van der Waals surface area contributed by atoms with Crippen molar-refractivity contribution in [2.75, 3.05) is 6.54 Å². The molecule has 0 saturated carbocycles. The highest BCUT2D eigenvalue weighted by Gasteiger charge is 2.24. The molecule has 20 heavy (non-hydrogen) atoms. The van der Waals surface area contributed by atoms with Crippen LogP contribution in [0.3, 0.4) is 0 Å². The Morgan fingerprint density at radius 1 is 1.20 bits per heavy atom. The highest BCUT2D eigenvalue weighted by molar-refractivity contribution is 5.71. The molecule has 0 bridgehead atoms. The van der Waals surface area contributed by atoms with Gasteiger partial charge >= 0.3 is 0 Å². The first-order valence-corrected chi connectivity index (χ1v) is 5.99. The molecule has 0 N–H and O–H groups in total. The fourth-order valence-corrected chi connectivity index (χ4v) is 2.03. The van der Waals surface area contributed by atoms with E-state index in [4.69, 9.17) is 0 Å². The van der Waals surface area contributed by atoms with E-state index in [0.717, 1.165) is 17.7 Å². The first-order valence-electron chi connectivity index (χ1n) is 5.99. The molecule has 1 heterocycles. The standard InChI is InChI=1S/C15H13F4N/c1-9-3-6-14(20(10(9)2)8-15(18)19)12-5-4-11(16)7-13(12)17/h3-7,15H,2,8H2,1H3. The second-order valence-corrected chi connectivity index (χ2v) is 4.47. The van der Waals surface area contributed by atoms with Crippen molar-refractivity contribution in [2.24, 2.45) is 0 Å². The SMILES string of the molecule is C=C1C(C)=CC=C(c2ccc(F)cc2F)N1CC(F)F. The van der Waals surface area contributed by atoms with Gasteiger partial charge in [0.1, 0.15) is 11.6 Å². The van der Waals surface area contributed by atoms with Crippen LogP contribution in [-0.4, -0.2) is 17.9 Å². The lowest BCUT2D eigenvalue weighted by Crippen LogP contribution is -2.29. The van der Waals surface area contributed by atoms with Gasteiger partial charge in [-0.25, -0.2) is 17.6 Å². The van der Waals surface area contributed by atoms with Crippen LogP contribution >= 0.6 is 0 Å². The van der Waals surface area contributed by atoms with E-state index in [1.165, 1.54) is 17.0 Å². The number of benzene rings is 1. The summed E-state index contributed by atoms with van der Waals surface area (Å²) in [6.07, 6.45) is 0.607. The third kappa shape index (κ3) is 2.76. The summed E-state index contributed by atoms with van der Waals surface area (Å²) in [5.74, 6) is -1.51. The van der Waals surface area contributed by atoms with Crippen molar-refractivity contribution < 1.29 is 17.6 Å². The molecule has 1 aromatic rings. The molecule has 1 aliphatic rings. The van der Waals surface area contributed by atoms with E-state index in [0.29, 0.717) is 5.70 Å². The van der Waals surface area contributed by atoms with Crippen LogP contribution in [0.15, 0.2) is 48.2 Å². The lowest BCUT2D eigenvalue weighted by Gasteiger charge is -2.32. The van der Waals surface area contributed by atoms with Crippen LogP contribution in [0.5, 0.6) is 0 Å². The first kappa shape index (κ1) is 14.4. The smallest absolute Gasteiger partial charge is 0.256 e. The summed E-state index contributed by atoms with van der Waals surface area (Å²) in [6, 6.07) is 3.05. The quantitative estimate of drug-likeness (QED) is 0.746. The molecular formula is C15H13F4N. The highest BCUT2D eigenvalue weighted by Crippen LogP contribution is 2.32. The van der Waals surface area contributed by atoms with Crippen LogP contribution in [0.2, 0.25) is 0 Å². The molecule has 0 fully saturated rings. The van der Waals surface area contributed by atoms with Crippen molar-refractivity contribution in [3.63, 3.8) is 0 Å². The van der Waals surface area contributed by atoms with E-state index >= 15 is 0 Å². The highest BCUT2D eigenvalue weighted by atomic mass is 19.3. The van der Waals surface area contributed by atoms with Gasteiger partial charge in [0.25, 0.3) is 6.43 Å². The van der Waals surface area contributed by atoms with Crippen LogP contribution in [0.1, 0.15) is 12.5 Å². The molecule has 106 valence electrons. The van der Waals surface area contributed by atoms with Gasteiger partial charge in [-0.1, -0.05) is 12.7 Å². The van der Waals surface area contributed by atoms with Crippen molar-refractivity contribution in [3.8, 4) is 0 Å². The molecule has 0 radical (unpaired) electrons. The van der Waals surface area contributed by atoms with E-state index in [1.54, 1.807) is 13.0 Å². The van der Waals surface area contributed by atoms with Crippen LogP contribution in [-0.2, 0) is 0 Å². The second kappa shape index (κ2) is 5.53. The van der Waals surface area contributed by atoms with Gasteiger partial charge in [0, 0.05) is 17.3 Å².